The van der Waals surface area contributed by atoms with Gasteiger partial charge in [-0.25, -0.2) is 14.8 Å². The minimum atomic E-state index is -0.842. The number of anilines is 1. The zero-order valence-corrected chi connectivity index (χ0v) is 20.5. The van der Waals surface area contributed by atoms with Gasteiger partial charge in [-0.3, -0.25) is 4.79 Å². The van der Waals surface area contributed by atoms with Gasteiger partial charge in [-0.1, -0.05) is 12.1 Å². The number of likely N-dealkylation sites (tertiary alicyclic amines) is 1. The molecule has 2 aliphatic heterocycles. The second kappa shape index (κ2) is 9.27. The number of amides is 3. The normalized spacial score (nSPS) is 18.4. The van der Waals surface area contributed by atoms with Crippen molar-refractivity contribution in [1.29, 1.82) is 0 Å². The zero-order chi connectivity index (χ0) is 23.6. The van der Waals surface area contributed by atoms with Crippen LogP contribution in [0.2, 0.25) is 0 Å². The topological polar surface area (TPSA) is 79.9 Å². The lowest BCUT2D eigenvalue weighted by molar-refractivity contribution is -0.118. The molecule has 0 aromatic heterocycles. The molecule has 2 aromatic rings. The number of carbonyl (C=O) groups excluding carboxylic acids is 2. The number of ether oxygens (including phenoxy) is 2. The summed E-state index contributed by atoms with van der Waals surface area (Å²) in [5.74, 6) is 0.404. The van der Waals surface area contributed by atoms with Gasteiger partial charge in [-0.15, -0.1) is 0 Å². The molecule has 0 saturated carbocycles. The third-order valence-electron chi connectivity index (χ3n) is 6.35. The highest BCUT2D eigenvalue weighted by Crippen LogP contribution is 2.45. The molecule has 7 nitrogen and oxygen atoms in total. The second-order valence-corrected chi connectivity index (χ2v) is 13.8. The lowest BCUT2D eigenvalue weighted by atomic mass is 9.85. The summed E-state index contributed by atoms with van der Waals surface area (Å²) in [6.45, 7) is 2.73. The Labute approximate surface area is 197 Å². The van der Waals surface area contributed by atoms with Crippen LogP contribution in [0.3, 0.4) is 0 Å². The van der Waals surface area contributed by atoms with E-state index < -0.39 is 16.1 Å². The van der Waals surface area contributed by atoms with Gasteiger partial charge in [0, 0.05) is 24.2 Å². The first-order valence-electron chi connectivity index (χ1n) is 11.1. The molecule has 2 heterocycles. The molecular formula is C25H33N3O4S. The Morgan fingerprint density at radius 1 is 1.06 bits per heavy atom. The first kappa shape index (κ1) is 23.4. The van der Waals surface area contributed by atoms with Crippen molar-refractivity contribution in [2.45, 2.75) is 17.4 Å². The van der Waals surface area contributed by atoms with E-state index in [0.717, 1.165) is 6.42 Å². The molecule has 2 aromatic carbocycles. The highest BCUT2D eigenvalue weighted by atomic mass is 32.3. The number of benzene rings is 2. The summed E-state index contributed by atoms with van der Waals surface area (Å²) in [6.07, 6.45) is 7.62. The molecule has 1 unspecified atom stereocenters. The fourth-order valence-electron chi connectivity index (χ4n) is 4.21. The van der Waals surface area contributed by atoms with Crippen molar-refractivity contribution < 1.29 is 19.1 Å². The predicted molar refractivity (Wildman–Crippen MR) is 132 cm³/mol. The monoisotopic (exact) mass is 471 g/mol. The molecule has 0 bridgehead atoms. The molecule has 1 spiro atoms. The van der Waals surface area contributed by atoms with Gasteiger partial charge in [-0.2, -0.15) is 0 Å². The van der Waals surface area contributed by atoms with Gasteiger partial charge in [0.15, 0.2) is 0 Å². The molecule has 0 radical (unpaired) electrons. The largest absolute Gasteiger partial charge is 0.497 e. The smallest absolute Gasteiger partial charge is 0.318 e. The van der Waals surface area contributed by atoms with Crippen LogP contribution >= 0.6 is 10.0 Å². The van der Waals surface area contributed by atoms with E-state index in [4.69, 9.17) is 9.47 Å². The molecule has 8 heteroatoms. The number of hydrogen-bond acceptors (Lipinski definition) is 4. The molecule has 3 amide bonds. The van der Waals surface area contributed by atoms with Crippen LogP contribution in [0.5, 0.6) is 5.75 Å². The fourth-order valence-corrected chi connectivity index (χ4v) is 5.16. The SMILES string of the molecule is COc1ccc(C(NC(=O)N2CCC3(COC3)C2)C(=O)Nc2ccc(S(C)(C)C)cc2)cc1. The number of nitrogens with one attached hydrogen (secondary N) is 2. The van der Waals surface area contributed by atoms with Crippen molar-refractivity contribution in [2.75, 3.05) is 57.5 Å². The summed E-state index contributed by atoms with van der Waals surface area (Å²) in [4.78, 5) is 29.4. The standard InChI is InChI=1S/C25H33N3O4S/c1-31-20-9-5-18(6-10-20)22(27-24(30)28-14-13-25(15-28)16-32-17-25)23(29)26-19-7-11-21(12-8-19)33(2,3)4/h5-12,22H,13-17H2,1-4H3,(H,26,29)(H,27,30). The molecule has 2 N–H and O–H groups in total. The van der Waals surface area contributed by atoms with E-state index >= 15 is 0 Å². The van der Waals surface area contributed by atoms with E-state index in [2.05, 4.69) is 41.5 Å². The molecule has 2 fully saturated rings. The van der Waals surface area contributed by atoms with Crippen LogP contribution in [0.25, 0.3) is 0 Å². The van der Waals surface area contributed by atoms with Crippen molar-refractivity contribution >= 4 is 27.7 Å². The van der Waals surface area contributed by atoms with Gasteiger partial charge in [0.1, 0.15) is 11.8 Å². The van der Waals surface area contributed by atoms with E-state index in [0.29, 0.717) is 43.3 Å². The predicted octanol–water partition coefficient (Wildman–Crippen LogP) is 3.86. The summed E-state index contributed by atoms with van der Waals surface area (Å²) in [7, 11) is 0.752. The Morgan fingerprint density at radius 3 is 2.24 bits per heavy atom. The van der Waals surface area contributed by atoms with Crippen LogP contribution in [-0.2, 0) is 9.53 Å². The Balaban J connectivity index is 1.50. The number of nitrogens with zero attached hydrogens (tertiary/aromatic N) is 1. The van der Waals surface area contributed by atoms with Crippen molar-refractivity contribution in [2.24, 2.45) is 5.41 Å². The van der Waals surface area contributed by atoms with Crippen LogP contribution in [-0.4, -0.2) is 69.0 Å². The fraction of sp³-hybridized carbons (Fsp3) is 0.440. The molecule has 1 atom stereocenters. The first-order valence-corrected chi connectivity index (χ1v) is 13.9. The van der Waals surface area contributed by atoms with Crippen LogP contribution in [0, 0.1) is 5.41 Å². The lowest BCUT2D eigenvalue weighted by Gasteiger charge is -2.37. The van der Waals surface area contributed by atoms with Crippen LogP contribution in [0.15, 0.2) is 53.4 Å². The van der Waals surface area contributed by atoms with E-state index in [9.17, 15) is 9.59 Å². The van der Waals surface area contributed by atoms with Gasteiger partial charge in [0.25, 0.3) is 5.91 Å². The summed E-state index contributed by atoms with van der Waals surface area (Å²) in [5, 5.41) is 5.92. The van der Waals surface area contributed by atoms with E-state index in [1.807, 2.05) is 12.1 Å². The minimum absolute atomic E-state index is 0.0893. The Bertz CT molecular complexity index is 998. The molecular weight excluding hydrogens is 438 g/mol. The zero-order valence-electron chi connectivity index (χ0n) is 19.7. The highest BCUT2D eigenvalue weighted by molar-refractivity contribution is 8.32. The Kier molecular flexibility index (Phi) is 6.59. The van der Waals surface area contributed by atoms with E-state index in [1.54, 1.807) is 36.3 Å². The van der Waals surface area contributed by atoms with Crippen LogP contribution in [0.4, 0.5) is 10.5 Å². The maximum atomic E-state index is 13.3. The molecule has 33 heavy (non-hydrogen) atoms. The lowest BCUT2D eigenvalue weighted by Crippen LogP contribution is -2.48. The molecule has 2 aliphatic rings. The summed E-state index contributed by atoms with van der Waals surface area (Å²) >= 11 is 0. The molecule has 2 saturated heterocycles. The Hall–Kier alpha value is -2.71. The summed E-state index contributed by atoms with van der Waals surface area (Å²) in [6, 6.07) is 14.1. The van der Waals surface area contributed by atoms with Crippen LogP contribution in [0.1, 0.15) is 18.0 Å². The molecule has 0 aliphatic carbocycles. The first-order chi connectivity index (χ1) is 15.7. The van der Waals surface area contributed by atoms with Gasteiger partial charge in [0.05, 0.1) is 20.3 Å². The van der Waals surface area contributed by atoms with Gasteiger partial charge < -0.3 is 25.0 Å². The van der Waals surface area contributed by atoms with Crippen molar-refractivity contribution in [3.8, 4) is 5.75 Å². The van der Waals surface area contributed by atoms with Crippen molar-refractivity contribution in [3.05, 3.63) is 54.1 Å². The summed E-state index contributed by atoms with van der Waals surface area (Å²) in [5.41, 5.74) is 1.48. The number of carbonyl (C=O) groups is 2. The number of rotatable bonds is 6. The van der Waals surface area contributed by atoms with E-state index in [1.165, 1.54) is 4.90 Å². The van der Waals surface area contributed by atoms with Gasteiger partial charge >= 0.3 is 6.03 Å². The average molecular weight is 472 g/mol. The average Bonchev–Trinajstić information content (AvgIpc) is 3.24. The Morgan fingerprint density at radius 2 is 1.73 bits per heavy atom. The molecule has 178 valence electrons. The quantitative estimate of drug-likeness (QED) is 0.671. The molecule has 4 rings (SSSR count). The maximum Gasteiger partial charge on any atom is 0.318 e. The van der Waals surface area contributed by atoms with Gasteiger partial charge in [-0.05, 0) is 72.0 Å². The third kappa shape index (κ3) is 5.28. The number of methoxy groups -OCH3 is 1. The van der Waals surface area contributed by atoms with E-state index in [-0.39, 0.29) is 17.4 Å². The van der Waals surface area contributed by atoms with Crippen LogP contribution < -0.4 is 15.4 Å². The number of urea groups is 1. The number of hydrogen-bond donors (Lipinski definition) is 2. The minimum Gasteiger partial charge on any atom is -0.497 e. The van der Waals surface area contributed by atoms with Crippen molar-refractivity contribution in [3.63, 3.8) is 0 Å². The third-order valence-corrected chi connectivity index (χ3v) is 8.04. The maximum absolute atomic E-state index is 13.3. The van der Waals surface area contributed by atoms with Gasteiger partial charge in [0.2, 0.25) is 0 Å². The highest BCUT2D eigenvalue weighted by Gasteiger charge is 2.46. The second-order valence-electron chi connectivity index (χ2n) is 9.67. The summed E-state index contributed by atoms with van der Waals surface area (Å²) < 4.78 is 10.6. The van der Waals surface area contributed by atoms with Crippen molar-refractivity contribution in [1.82, 2.24) is 10.2 Å².